The van der Waals surface area contributed by atoms with Crippen LogP contribution in [0.15, 0.2) is 36.8 Å². The maximum Gasteiger partial charge on any atom is 0.292 e. The molecule has 0 aliphatic carbocycles. The van der Waals surface area contributed by atoms with E-state index in [1.165, 1.54) is 18.4 Å². The van der Waals surface area contributed by atoms with Crippen molar-refractivity contribution in [3.63, 3.8) is 0 Å². The number of hydrogen-bond donors (Lipinski definition) is 2. The van der Waals surface area contributed by atoms with E-state index in [1.807, 2.05) is 12.4 Å². The third-order valence-corrected chi connectivity index (χ3v) is 7.20. The Kier molecular flexibility index (Phi) is 5.75. The number of nitrogens with zero attached hydrogens (tertiary/aromatic N) is 7. The molecule has 4 aromatic rings. The molecule has 0 saturated carbocycles. The SMILES string of the molecule is N#COc1cc2c(-c3c(N)nn4cc(N5CCC(N6CCNCC6)CC5)cnc34)ccnc2cc1F. The van der Waals surface area contributed by atoms with Gasteiger partial charge in [0.1, 0.15) is 0 Å². The molecule has 1 aromatic carbocycles. The van der Waals surface area contributed by atoms with Crippen molar-refractivity contribution in [2.24, 2.45) is 0 Å². The number of nitrogens with one attached hydrogen (secondary N) is 1. The molecule has 184 valence electrons. The van der Waals surface area contributed by atoms with Gasteiger partial charge in [-0.3, -0.25) is 9.88 Å². The van der Waals surface area contributed by atoms with E-state index in [1.54, 1.807) is 16.8 Å². The van der Waals surface area contributed by atoms with Crippen LogP contribution in [0.4, 0.5) is 15.9 Å². The largest absolute Gasteiger partial charge is 0.385 e. The van der Waals surface area contributed by atoms with Crippen LogP contribution in [-0.2, 0) is 0 Å². The second-order valence-electron chi connectivity index (χ2n) is 9.20. The lowest BCUT2D eigenvalue weighted by Gasteiger charge is -2.40. The summed E-state index contributed by atoms with van der Waals surface area (Å²) >= 11 is 0. The van der Waals surface area contributed by atoms with Crippen molar-refractivity contribution in [3.8, 4) is 23.1 Å². The number of halogens is 1. The fourth-order valence-electron chi connectivity index (χ4n) is 5.39. The zero-order valence-corrected chi connectivity index (χ0v) is 19.7. The zero-order chi connectivity index (χ0) is 24.6. The van der Waals surface area contributed by atoms with Gasteiger partial charge in [0.2, 0.25) is 0 Å². The van der Waals surface area contributed by atoms with Crippen molar-refractivity contribution in [1.82, 2.24) is 29.8 Å². The first-order valence-corrected chi connectivity index (χ1v) is 12.1. The molecule has 6 rings (SSSR count). The van der Waals surface area contributed by atoms with Crippen LogP contribution in [0.3, 0.4) is 0 Å². The first-order valence-electron chi connectivity index (χ1n) is 12.1. The molecule has 2 saturated heterocycles. The first kappa shape index (κ1) is 22.5. The van der Waals surface area contributed by atoms with Gasteiger partial charge in [-0.25, -0.2) is 13.9 Å². The van der Waals surface area contributed by atoms with Gasteiger partial charge in [0.05, 0.1) is 29.2 Å². The summed E-state index contributed by atoms with van der Waals surface area (Å²) < 4.78 is 20.8. The number of piperazine rings is 1. The normalized spacial score (nSPS) is 17.5. The Labute approximate surface area is 207 Å². The number of nitrogens with two attached hydrogens (primary N) is 1. The van der Waals surface area contributed by atoms with Gasteiger partial charge in [0.25, 0.3) is 6.26 Å². The molecule has 11 heteroatoms. The van der Waals surface area contributed by atoms with Gasteiger partial charge in [-0.15, -0.1) is 10.4 Å². The van der Waals surface area contributed by atoms with E-state index in [2.05, 4.69) is 25.2 Å². The summed E-state index contributed by atoms with van der Waals surface area (Å²) in [7, 11) is 0. The van der Waals surface area contributed by atoms with Crippen molar-refractivity contribution in [1.29, 1.82) is 5.26 Å². The number of hydrogen-bond acceptors (Lipinski definition) is 9. The maximum atomic E-state index is 14.3. The van der Waals surface area contributed by atoms with E-state index in [0.29, 0.717) is 39.5 Å². The number of fused-ring (bicyclic) bond motifs is 2. The number of rotatable bonds is 4. The molecule has 2 aliphatic rings. The average Bonchev–Trinajstić information content (AvgIpc) is 3.24. The van der Waals surface area contributed by atoms with Crippen molar-refractivity contribution >= 4 is 28.1 Å². The Morgan fingerprint density at radius 1 is 1.14 bits per heavy atom. The lowest BCUT2D eigenvalue weighted by molar-refractivity contribution is 0.150. The molecule has 3 N–H and O–H groups in total. The Balaban J connectivity index is 1.31. The van der Waals surface area contributed by atoms with E-state index in [9.17, 15) is 4.39 Å². The van der Waals surface area contributed by atoms with Gasteiger partial charge in [0.15, 0.2) is 23.0 Å². The number of nitriles is 1. The Hall–Kier alpha value is -4.01. The van der Waals surface area contributed by atoms with Gasteiger partial charge in [0, 0.05) is 68.5 Å². The van der Waals surface area contributed by atoms with E-state index in [0.717, 1.165) is 57.8 Å². The van der Waals surface area contributed by atoms with Crippen molar-refractivity contribution in [2.75, 3.05) is 49.9 Å². The van der Waals surface area contributed by atoms with Crippen LogP contribution in [0.1, 0.15) is 12.8 Å². The number of aromatic nitrogens is 4. The summed E-state index contributed by atoms with van der Waals surface area (Å²) in [6, 6.07) is 5.10. The molecule has 3 aromatic heterocycles. The summed E-state index contributed by atoms with van der Waals surface area (Å²) in [5.41, 5.74) is 9.68. The van der Waals surface area contributed by atoms with Crippen LogP contribution < -0.4 is 20.7 Å². The van der Waals surface area contributed by atoms with E-state index < -0.39 is 5.82 Å². The summed E-state index contributed by atoms with van der Waals surface area (Å²) in [5, 5.41) is 17.4. The standard InChI is InChI=1S/C25H26FN9O/c26-20-12-21-19(11-22(20)36-15-27)18(1-4-30-21)23-24(28)32-35-14-17(13-31-25(23)35)33-7-2-16(3-8-33)34-9-5-29-6-10-34/h1,4,11-14,16,29H,2-3,5-10H2,(H2,28,32). The molecule has 5 heterocycles. The van der Waals surface area contributed by atoms with E-state index in [-0.39, 0.29) is 5.75 Å². The van der Waals surface area contributed by atoms with Crippen molar-refractivity contribution in [3.05, 3.63) is 42.6 Å². The quantitative estimate of drug-likeness (QED) is 0.418. The predicted molar refractivity (Wildman–Crippen MR) is 134 cm³/mol. The van der Waals surface area contributed by atoms with Gasteiger partial charge < -0.3 is 20.7 Å². The second kappa shape index (κ2) is 9.22. The molecule has 0 radical (unpaired) electrons. The molecule has 0 amide bonds. The van der Waals surface area contributed by atoms with Crippen molar-refractivity contribution in [2.45, 2.75) is 18.9 Å². The highest BCUT2D eigenvalue weighted by atomic mass is 19.1. The van der Waals surface area contributed by atoms with Crippen LogP contribution in [0.2, 0.25) is 0 Å². The molecular weight excluding hydrogens is 461 g/mol. The van der Waals surface area contributed by atoms with Gasteiger partial charge in [-0.1, -0.05) is 0 Å². The summed E-state index contributed by atoms with van der Waals surface area (Å²) in [6.45, 7) is 6.31. The van der Waals surface area contributed by atoms with E-state index >= 15 is 0 Å². The summed E-state index contributed by atoms with van der Waals surface area (Å²) in [4.78, 5) is 13.9. The third-order valence-electron chi connectivity index (χ3n) is 7.20. The van der Waals surface area contributed by atoms with Gasteiger partial charge in [-0.2, -0.15) is 0 Å². The molecule has 2 fully saturated rings. The number of ether oxygens (including phenoxy) is 1. The Bertz CT molecular complexity index is 1470. The fourth-order valence-corrected chi connectivity index (χ4v) is 5.39. The molecule has 36 heavy (non-hydrogen) atoms. The highest BCUT2D eigenvalue weighted by Crippen LogP contribution is 2.37. The minimum atomic E-state index is -0.662. The molecule has 0 atom stereocenters. The number of anilines is 2. The van der Waals surface area contributed by atoms with Crippen LogP contribution in [0, 0.1) is 17.3 Å². The van der Waals surface area contributed by atoms with Gasteiger partial charge in [-0.05, 0) is 25.0 Å². The molecule has 10 nitrogen and oxygen atoms in total. The molecule has 2 aliphatic heterocycles. The first-order chi connectivity index (χ1) is 17.6. The minimum Gasteiger partial charge on any atom is -0.385 e. The average molecular weight is 488 g/mol. The molecule has 0 bridgehead atoms. The van der Waals surface area contributed by atoms with Gasteiger partial charge >= 0.3 is 0 Å². The monoisotopic (exact) mass is 487 g/mol. The van der Waals surface area contributed by atoms with E-state index in [4.69, 9.17) is 20.7 Å². The Morgan fingerprint density at radius 3 is 2.72 bits per heavy atom. The second-order valence-corrected chi connectivity index (χ2v) is 9.20. The topological polar surface area (TPSA) is 121 Å². The predicted octanol–water partition coefficient (Wildman–Crippen LogP) is 2.40. The minimum absolute atomic E-state index is 0.172. The molecule has 0 spiro atoms. The van der Waals surface area contributed by atoms with Crippen LogP contribution in [0.5, 0.6) is 5.75 Å². The lowest BCUT2D eigenvalue weighted by atomic mass is 10.0. The smallest absolute Gasteiger partial charge is 0.292 e. The van der Waals surface area contributed by atoms with Crippen LogP contribution in [0.25, 0.3) is 27.7 Å². The highest BCUT2D eigenvalue weighted by Gasteiger charge is 2.26. The summed E-state index contributed by atoms with van der Waals surface area (Å²) in [6.07, 6.45) is 9.17. The number of piperidine rings is 1. The lowest BCUT2D eigenvalue weighted by Crippen LogP contribution is -2.52. The third kappa shape index (κ3) is 3.94. The van der Waals surface area contributed by atoms with Crippen LogP contribution >= 0.6 is 0 Å². The van der Waals surface area contributed by atoms with Crippen LogP contribution in [-0.4, -0.2) is 69.8 Å². The highest BCUT2D eigenvalue weighted by molar-refractivity contribution is 6.01. The maximum absolute atomic E-state index is 14.3. The zero-order valence-electron chi connectivity index (χ0n) is 19.7. The van der Waals surface area contributed by atoms with Crippen molar-refractivity contribution < 1.29 is 9.13 Å². The number of nitrogen functional groups attached to an aromatic ring is 1. The molecule has 0 unspecified atom stereocenters. The molecular formula is C25H26FN9O. The fraction of sp³-hybridized carbons (Fsp3) is 0.360. The summed E-state index contributed by atoms with van der Waals surface area (Å²) in [5.74, 6) is -0.532. The number of benzene rings is 1. The Morgan fingerprint density at radius 2 is 1.94 bits per heavy atom. The number of pyridine rings is 1.